The Labute approximate surface area is 365 Å². The van der Waals surface area contributed by atoms with Gasteiger partial charge < -0.3 is 0 Å². The fraction of sp³-hybridized carbons (Fsp3) is 0.129. The topological polar surface area (TPSA) is 0 Å². The molecule has 0 aliphatic rings. The standard InChI is InChI=1S/C62H50/c1-61(2,3)41-33-29-39(30-34-41)57-49-17-7-11-21-53(49)59(54-22-12-8-18-50(54)57)47-27-15-25-43-44-26-16-28-48(46(44)38-37-45(43)47)60-55-23-13-9-19-51(55)58(52-20-10-14-24-56(52)60)40-31-35-42(36-32-40)62(4,5)6/h7-38H,1-6H3. The lowest BCUT2D eigenvalue weighted by Gasteiger charge is -2.22. The van der Waals surface area contributed by atoms with E-state index in [4.69, 9.17) is 0 Å². The lowest BCUT2D eigenvalue weighted by molar-refractivity contribution is 0.590. The van der Waals surface area contributed by atoms with Crippen LogP contribution in [-0.4, -0.2) is 0 Å². The van der Waals surface area contributed by atoms with E-state index >= 15 is 0 Å². The van der Waals surface area contributed by atoms with Crippen molar-refractivity contribution in [1.29, 1.82) is 0 Å². The molecule has 11 rings (SSSR count). The fourth-order valence-corrected chi connectivity index (χ4v) is 10.3. The average molecular weight is 795 g/mol. The minimum absolute atomic E-state index is 0.0946. The summed E-state index contributed by atoms with van der Waals surface area (Å²) >= 11 is 0. The van der Waals surface area contributed by atoms with E-state index in [0.29, 0.717) is 0 Å². The maximum atomic E-state index is 2.38. The van der Waals surface area contributed by atoms with Crippen LogP contribution in [0.25, 0.3) is 109 Å². The van der Waals surface area contributed by atoms with E-state index in [9.17, 15) is 0 Å². The van der Waals surface area contributed by atoms with Crippen molar-refractivity contribution in [3.8, 4) is 44.5 Å². The van der Waals surface area contributed by atoms with Gasteiger partial charge in [0.15, 0.2) is 0 Å². The zero-order chi connectivity index (χ0) is 42.3. The summed E-state index contributed by atoms with van der Waals surface area (Å²) in [7, 11) is 0. The molecule has 11 aromatic rings. The predicted octanol–water partition coefficient (Wildman–Crippen LogP) is 17.9. The van der Waals surface area contributed by atoms with Gasteiger partial charge in [-0.25, -0.2) is 0 Å². The Balaban J connectivity index is 1.14. The Hall–Kier alpha value is -7.02. The molecule has 0 radical (unpaired) electrons. The average Bonchev–Trinajstić information content (AvgIpc) is 3.29. The van der Waals surface area contributed by atoms with Crippen LogP contribution in [-0.2, 0) is 10.8 Å². The summed E-state index contributed by atoms with van der Waals surface area (Å²) in [6.45, 7) is 13.7. The van der Waals surface area contributed by atoms with Crippen LogP contribution in [0.1, 0.15) is 52.7 Å². The van der Waals surface area contributed by atoms with Crippen molar-refractivity contribution in [2.24, 2.45) is 0 Å². The highest BCUT2D eigenvalue weighted by atomic mass is 14.3. The molecule has 0 fully saturated rings. The highest BCUT2D eigenvalue weighted by molar-refractivity contribution is 6.27. The van der Waals surface area contributed by atoms with Crippen molar-refractivity contribution >= 4 is 64.6 Å². The zero-order valence-corrected chi connectivity index (χ0v) is 36.5. The van der Waals surface area contributed by atoms with Crippen molar-refractivity contribution in [2.45, 2.75) is 52.4 Å². The Kier molecular flexibility index (Phi) is 8.74. The van der Waals surface area contributed by atoms with Crippen molar-refractivity contribution in [3.05, 3.63) is 205 Å². The molecule has 298 valence electrons. The molecular weight excluding hydrogens is 745 g/mol. The van der Waals surface area contributed by atoms with Crippen LogP contribution in [0.3, 0.4) is 0 Å². The van der Waals surface area contributed by atoms with Crippen molar-refractivity contribution in [1.82, 2.24) is 0 Å². The molecule has 0 aliphatic heterocycles. The van der Waals surface area contributed by atoms with Gasteiger partial charge in [-0.2, -0.15) is 0 Å². The second-order valence-electron chi connectivity index (χ2n) is 19.2. The van der Waals surface area contributed by atoms with Crippen molar-refractivity contribution in [3.63, 3.8) is 0 Å². The monoisotopic (exact) mass is 794 g/mol. The minimum Gasteiger partial charge on any atom is -0.0616 e. The molecule has 0 saturated heterocycles. The quantitative estimate of drug-likeness (QED) is 0.123. The first kappa shape index (κ1) is 37.9. The number of benzene rings is 11. The van der Waals surface area contributed by atoms with Gasteiger partial charge in [0.25, 0.3) is 0 Å². The van der Waals surface area contributed by atoms with Gasteiger partial charge in [0.2, 0.25) is 0 Å². The molecule has 62 heavy (non-hydrogen) atoms. The molecule has 0 N–H and O–H groups in total. The first-order chi connectivity index (χ1) is 30.1. The van der Waals surface area contributed by atoms with Crippen LogP contribution in [0.2, 0.25) is 0 Å². The molecule has 0 bridgehead atoms. The van der Waals surface area contributed by atoms with Gasteiger partial charge in [-0.1, -0.05) is 236 Å². The molecular formula is C62H50. The summed E-state index contributed by atoms with van der Waals surface area (Å²) in [6.07, 6.45) is 0. The molecule has 0 nitrogen and oxygen atoms in total. The molecule has 0 atom stereocenters. The van der Waals surface area contributed by atoms with Crippen LogP contribution in [0, 0.1) is 0 Å². The van der Waals surface area contributed by atoms with Gasteiger partial charge in [-0.05, 0) is 131 Å². The van der Waals surface area contributed by atoms with Gasteiger partial charge in [-0.3, -0.25) is 0 Å². The first-order valence-corrected chi connectivity index (χ1v) is 22.1. The minimum atomic E-state index is 0.0946. The number of fused-ring (bicyclic) bond motifs is 7. The number of hydrogen-bond acceptors (Lipinski definition) is 0. The van der Waals surface area contributed by atoms with Crippen molar-refractivity contribution in [2.75, 3.05) is 0 Å². The van der Waals surface area contributed by atoms with Crippen LogP contribution in [0.4, 0.5) is 0 Å². The SMILES string of the molecule is CC(C)(C)c1ccc(-c2c3ccccc3c(-c3cccc4c3ccc3c(-c5c6ccccc6c(-c6ccc(C(C)(C)C)cc6)c6ccccc56)cccc34)c3ccccc23)cc1. The van der Waals surface area contributed by atoms with Gasteiger partial charge >= 0.3 is 0 Å². The molecule has 0 aromatic heterocycles. The van der Waals surface area contributed by atoms with Gasteiger partial charge in [-0.15, -0.1) is 0 Å². The summed E-state index contributed by atoms with van der Waals surface area (Å²) in [5.74, 6) is 0. The third-order valence-electron chi connectivity index (χ3n) is 13.4. The summed E-state index contributed by atoms with van der Waals surface area (Å²) in [5, 5.41) is 15.2. The van der Waals surface area contributed by atoms with E-state index < -0.39 is 0 Å². The van der Waals surface area contributed by atoms with E-state index in [-0.39, 0.29) is 10.8 Å². The Morgan fingerprint density at radius 3 is 0.742 bits per heavy atom. The molecule has 0 aliphatic carbocycles. The van der Waals surface area contributed by atoms with E-state index in [2.05, 4.69) is 236 Å². The summed E-state index contributed by atoms with van der Waals surface area (Å²) in [6, 6.07) is 73.2. The number of rotatable bonds is 4. The molecule has 0 spiro atoms. The second kappa shape index (κ2) is 14.3. The normalized spacial score (nSPS) is 12.4. The Morgan fingerprint density at radius 1 is 0.210 bits per heavy atom. The Morgan fingerprint density at radius 2 is 0.468 bits per heavy atom. The lowest BCUT2D eigenvalue weighted by atomic mass is 9.82. The van der Waals surface area contributed by atoms with Crippen LogP contribution in [0.15, 0.2) is 194 Å². The molecule has 0 amide bonds. The van der Waals surface area contributed by atoms with Gasteiger partial charge in [0.05, 0.1) is 0 Å². The highest BCUT2D eigenvalue weighted by Gasteiger charge is 2.22. The molecule has 0 unspecified atom stereocenters. The first-order valence-electron chi connectivity index (χ1n) is 22.1. The fourth-order valence-electron chi connectivity index (χ4n) is 10.3. The maximum absolute atomic E-state index is 2.38. The smallest absolute Gasteiger partial charge is 0.00201 e. The molecule has 0 saturated carbocycles. The van der Waals surface area contributed by atoms with Gasteiger partial charge in [0, 0.05) is 0 Å². The largest absolute Gasteiger partial charge is 0.0616 e. The summed E-state index contributed by atoms with van der Waals surface area (Å²) in [5.41, 5.74) is 13.1. The lowest BCUT2D eigenvalue weighted by Crippen LogP contribution is -2.10. The van der Waals surface area contributed by atoms with Crippen molar-refractivity contribution < 1.29 is 0 Å². The van der Waals surface area contributed by atoms with E-state index in [1.54, 1.807) is 0 Å². The van der Waals surface area contributed by atoms with Crippen LogP contribution >= 0.6 is 0 Å². The molecule has 11 aromatic carbocycles. The van der Waals surface area contributed by atoms with Crippen LogP contribution in [0.5, 0.6) is 0 Å². The molecule has 0 heterocycles. The highest BCUT2D eigenvalue weighted by Crippen LogP contribution is 2.49. The summed E-state index contributed by atoms with van der Waals surface area (Å²) < 4.78 is 0. The molecule has 0 heteroatoms. The van der Waals surface area contributed by atoms with E-state index in [0.717, 1.165) is 0 Å². The van der Waals surface area contributed by atoms with Gasteiger partial charge in [0.1, 0.15) is 0 Å². The number of hydrogen-bond donors (Lipinski definition) is 0. The van der Waals surface area contributed by atoms with Crippen LogP contribution < -0.4 is 0 Å². The third kappa shape index (κ3) is 6.04. The van der Waals surface area contributed by atoms with E-state index in [1.165, 1.54) is 120 Å². The summed E-state index contributed by atoms with van der Waals surface area (Å²) in [4.78, 5) is 0. The third-order valence-corrected chi connectivity index (χ3v) is 13.4. The maximum Gasteiger partial charge on any atom is -0.00201 e. The van der Waals surface area contributed by atoms with E-state index in [1.807, 2.05) is 0 Å². The predicted molar refractivity (Wildman–Crippen MR) is 271 cm³/mol. The second-order valence-corrected chi connectivity index (χ2v) is 19.2. The Bertz CT molecular complexity index is 3200. The zero-order valence-electron chi connectivity index (χ0n) is 36.5.